The molecule has 5 aromatic carbocycles. The average molecular weight is 2050 g/mol. The highest BCUT2D eigenvalue weighted by molar-refractivity contribution is 6.02. The number of phenols is 2. The van der Waals surface area contributed by atoms with E-state index in [1.54, 1.807) is 56.4 Å². The Labute approximate surface area is 860 Å². The van der Waals surface area contributed by atoms with Crippen molar-refractivity contribution in [3.05, 3.63) is 156 Å². The van der Waals surface area contributed by atoms with E-state index in [2.05, 4.69) is 90.1 Å². The number of fused-ring (bicyclic) bond motifs is 3. The molecule has 148 heavy (non-hydrogen) atoms. The van der Waals surface area contributed by atoms with Gasteiger partial charge in [0, 0.05) is 82.1 Å². The SMILES string of the molecule is CC(C)C[C@@H]1NC(=O)[C@H](Cc2ccc(-c3ccccc3)cc2)NC(=O)[C@H](CCCNC(=N)N)NC(=O)[C@@H]2CCCN2C(=O)[C@H]2CCCN2C(=O)[C@H](CCCNC(=N)N)NC(=O)[C@H](Cc2ccc(O)cc2)NC(=O)[C@H](Cc2ccc(O)cc2)NC(=O)[C@H](CCCCN)NC(=O)[C@H](Cc2c[nH]c3ccccc23)NC(=O)[C@H](CCCNC(=N)N)NC(=O)[C@H](CCCNC(=N)N)NC(=O)[C@H](CCCCN)NC(=O)[C@H](CCCCN)NC1=O. The van der Waals surface area contributed by atoms with Crippen molar-refractivity contribution in [3.63, 3.8) is 0 Å². The molecule has 804 valence electrons. The third-order valence-electron chi connectivity index (χ3n) is 26.1. The summed E-state index contributed by atoms with van der Waals surface area (Å²) >= 11 is 0. The van der Waals surface area contributed by atoms with Crippen molar-refractivity contribution < 1.29 is 77.3 Å². The number of aromatic hydroxyl groups is 2. The van der Waals surface area contributed by atoms with Crippen molar-refractivity contribution in [1.29, 1.82) is 21.6 Å². The Bertz CT molecular complexity index is 5460. The van der Waals surface area contributed by atoms with E-state index in [4.69, 9.17) is 61.8 Å². The van der Waals surface area contributed by atoms with Crippen LogP contribution in [0, 0.1) is 27.6 Å². The van der Waals surface area contributed by atoms with Crippen LogP contribution >= 0.6 is 0 Å². The highest BCUT2D eigenvalue weighted by Gasteiger charge is 2.46. The largest absolute Gasteiger partial charge is 0.508 e. The first-order valence-corrected chi connectivity index (χ1v) is 50.9. The number of aromatic amines is 1. The van der Waals surface area contributed by atoms with Gasteiger partial charge in [0.05, 0.1) is 0 Å². The standard InChI is InChI=1S/C102H150N30O16/c1-60(2)54-78-91(141)122-72(25-9-12-46-104)86(136)119-71(24-8-11-45-103)85(135)120-74(27-14-48-114-99(106)107)87(137)121-75(28-15-49-115-100(108)109)89(139)130-82(58-66-59-118-70-23-7-6-22-69(66)70)95(145)123-73(26-10-13-47-105)88(138)127-81(57-63-37-43-68(134)44-38-63)94(144)129-79(56-62-35-41-67(133)42-36-62)92(142)125-77(30-17-51-117-102(112)113)97(147)132-53-19-32-84(132)98(148)131-52-18-31-83(131)96(146)124-76(29-16-50-116-101(110)111)90(140)128-80(93(143)126-78)55-61-33-39-65(40-34-61)64-20-4-3-5-21-64/h3-7,20-23,33-44,59-60,71-84,118,133-134H,8-19,24-32,45-58,103-105H2,1-2H3,(H,119,136)(H,120,135)(H,121,137)(H,122,141)(H,123,145)(H,124,146)(H,125,142)(H,126,143)(H,127,138)(H,128,140)(H,129,144)(H,130,139)(H4,106,107,114)(H4,108,109,115)(H4,110,111,116)(H4,112,113,117)/t71-,72-,73-,74-,75-,76-,77-,78-,79-,80-,81-,82-,83-,84+/m0/s1. The second-order valence-electron chi connectivity index (χ2n) is 38.1. The maximum Gasteiger partial charge on any atom is 0.246 e. The van der Waals surface area contributed by atoms with Gasteiger partial charge < -0.3 is 150 Å². The van der Waals surface area contributed by atoms with E-state index in [0.717, 1.165) is 11.1 Å². The van der Waals surface area contributed by atoms with E-state index in [-0.39, 0.29) is 224 Å². The highest BCUT2D eigenvalue weighted by atomic mass is 16.3. The zero-order valence-corrected chi connectivity index (χ0v) is 84.2. The molecule has 46 heteroatoms. The fraction of sp³-hybridized carbons (Fsp3) is 0.510. The molecule has 0 spiro atoms. The van der Waals surface area contributed by atoms with Gasteiger partial charge in [-0.25, -0.2) is 0 Å². The number of hydrogen-bond donors (Lipinski definition) is 30. The normalized spacial score (nSPS) is 22.5. The van der Waals surface area contributed by atoms with Gasteiger partial charge in [-0.05, 0) is 231 Å². The van der Waals surface area contributed by atoms with Gasteiger partial charge in [-0.15, -0.1) is 0 Å². The number of rotatable bonds is 39. The molecule has 6 aromatic rings. The number of phenolic OH excluding ortho intramolecular Hbond substituents is 2. The van der Waals surface area contributed by atoms with Crippen molar-refractivity contribution in [2.45, 2.75) is 265 Å². The number of carbonyl (C=O) groups is 14. The van der Waals surface area contributed by atoms with Gasteiger partial charge in [-0.1, -0.05) is 111 Å². The molecule has 1 aromatic heterocycles. The van der Waals surface area contributed by atoms with Crippen molar-refractivity contribution in [3.8, 4) is 22.6 Å². The van der Waals surface area contributed by atoms with Gasteiger partial charge in [0.2, 0.25) is 82.7 Å². The number of amides is 14. The third kappa shape index (κ3) is 37.7. The van der Waals surface area contributed by atoms with Crippen LogP contribution in [0.2, 0.25) is 0 Å². The van der Waals surface area contributed by atoms with E-state index in [1.807, 2.05) is 42.5 Å². The number of carbonyl (C=O) groups excluding carboxylic acids is 14. The summed E-state index contributed by atoms with van der Waals surface area (Å²) in [6.45, 7) is 3.99. The fourth-order valence-electron chi connectivity index (χ4n) is 18.2. The number of aromatic nitrogens is 1. The predicted molar refractivity (Wildman–Crippen MR) is 559 cm³/mol. The van der Waals surface area contributed by atoms with Crippen molar-refractivity contribution in [2.24, 2.45) is 46.1 Å². The van der Waals surface area contributed by atoms with Crippen LogP contribution in [0.5, 0.6) is 11.5 Å². The molecule has 14 amide bonds. The Balaban J connectivity index is 1.17. The first-order valence-electron chi connectivity index (χ1n) is 50.9. The third-order valence-corrected chi connectivity index (χ3v) is 26.1. The minimum Gasteiger partial charge on any atom is -0.508 e. The summed E-state index contributed by atoms with van der Waals surface area (Å²) in [6, 6.07) is 13.9. The lowest BCUT2D eigenvalue weighted by Crippen LogP contribution is -2.61. The number of nitrogens with two attached hydrogens (primary N) is 7. The summed E-state index contributed by atoms with van der Waals surface area (Å²) in [5.41, 5.74) is 45.1. The number of para-hydroxylation sites is 1. The molecule has 3 saturated heterocycles. The van der Waals surface area contributed by atoms with E-state index >= 15 is 67.1 Å². The molecule has 0 bridgehead atoms. The predicted octanol–water partition coefficient (Wildman–Crippen LogP) is -1.18. The van der Waals surface area contributed by atoms with E-state index in [9.17, 15) is 10.2 Å². The summed E-state index contributed by atoms with van der Waals surface area (Å²) in [4.78, 5) is 223. The maximum absolute atomic E-state index is 15.7. The number of benzene rings is 5. The molecule has 3 aliphatic rings. The topological polar surface area (TPSA) is 772 Å². The first kappa shape index (κ1) is 116. The Morgan fingerprint density at radius 1 is 0.331 bits per heavy atom. The first-order chi connectivity index (χ1) is 71.0. The van der Waals surface area contributed by atoms with Crippen LogP contribution in [0.25, 0.3) is 22.0 Å². The molecule has 0 radical (unpaired) electrons. The Hall–Kier alpha value is -15.2. The summed E-state index contributed by atoms with van der Waals surface area (Å²) in [5, 5.41) is 98.2. The minimum atomic E-state index is -1.66. The van der Waals surface area contributed by atoms with Gasteiger partial charge in [0.15, 0.2) is 23.8 Å². The van der Waals surface area contributed by atoms with Crippen LogP contribution in [0.1, 0.15) is 177 Å². The average Bonchev–Trinajstić information content (AvgIpc) is 1.70. The van der Waals surface area contributed by atoms with Gasteiger partial charge in [0.25, 0.3) is 0 Å². The van der Waals surface area contributed by atoms with Gasteiger partial charge in [-0.2, -0.15) is 0 Å². The Morgan fingerprint density at radius 3 is 0.993 bits per heavy atom. The number of guanidine groups is 4. The second kappa shape index (κ2) is 60.0. The van der Waals surface area contributed by atoms with Gasteiger partial charge in [0.1, 0.15) is 96.1 Å². The molecule has 46 nitrogen and oxygen atoms in total. The van der Waals surface area contributed by atoms with Crippen LogP contribution in [0.15, 0.2) is 134 Å². The summed E-state index contributed by atoms with van der Waals surface area (Å²) in [6.07, 6.45) is 1.86. The van der Waals surface area contributed by atoms with E-state index in [0.29, 0.717) is 52.4 Å². The van der Waals surface area contributed by atoms with E-state index < -0.39 is 191 Å². The van der Waals surface area contributed by atoms with Crippen LogP contribution in [0.4, 0.5) is 0 Å². The number of unbranched alkanes of at least 4 members (excludes halogenated alkanes) is 3. The number of H-pyrrole nitrogens is 1. The van der Waals surface area contributed by atoms with Gasteiger partial charge >= 0.3 is 0 Å². The second-order valence-corrected chi connectivity index (χ2v) is 38.1. The zero-order chi connectivity index (χ0) is 107. The molecule has 3 fully saturated rings. The molecular formula is C102H150N30O16. The summed E-state index contributed by atoms with van der Waals surface area (Å²) in [7, 11) is 0. The molecule has 14 atom stereocenters. The smallest absolute Gasteiger partial charge is 0.246 e. The van der Waals surface area contributed by atoms with Crippen LogP contribution in [-0.4, -0.2) is 275 Å². The molecule has 4 heterocycles. The highest BCUT2D eigenvalue weighted by Crippen LogP contribution is 2.29. The fourth-order valence-corrected chi connectivity index (χ4v) is 18.2. The maximum atomic E-state index is 15.7. The van der Waals surface area contributed by atoms with Crippen molar-refractivity contribution in [2.75, 3.05) is 58.9 Å². The number of nitrogens with zero attached hydrogens (tertiary/aromatic N) is 2. The monoisotopic (exact) mass is 2050 g/mol. The Morgan fingerprint density at radius 2 is 0.622 bits per heavy atom. The van der Waals surface area contributed by atoms with E-state index in [1.165, 1.54) is 58.3 Å². The van der Waals surface area contributed by atoms with Crippen molar-refractivity contribution in [1.82, 2.24) is 99.9 Å². The minimum absolute atomic E-state index is 0.00754. The Kier molecular flexibility index (Phi) is 47.2. The molecule has 3 aliphatic heterocycles. The van der Waals surface area contributed by atoms with Gasteiger partial charge in [-0.3, -0.25) is 88.8 Å². The molecule has 0 aliphatic carbocycles. The summed E-state index contributed by atoms with van der Waals surface area (Å²) < 4.78 is 0. The molecule has 0 unspecified atom stereocenters. The zero-order valence-electron chi connectivity index (χ0n) is 84.2. The quantitative estimate of drug-likeness (QED) is 0.0123. The number of nitrogens with one attached hydrogen (secondary N) is 21. The lowest BCUT2D eigenvalue weighted by molar-refractivity contribution is -0.148. The molecular weight excluding hydrogens is 1900 g/mol. The molecule has 37 N–H and O–H groups in total. The van der Waals surface area contributed by atoms with Crippen LogP contribution < -0.4 is 125 Å². The lowest BCUT2D eigenvalue weighted by atomic mass is 9.98. The summed E-state index contributed by atoms with van der Waals surface area (Å²) in [5.74, 6) is -14.7. The van der Waals surface area contributed by atoms with Crippen LogP contribution in [-0.2, 0) is 92.8 Å². The number of hydrogen-bond acceptors (Lipinski definition) is 23. The molecule has 9 rings (SSSR count). The molecule has 0 saturated carbocycles. The van der Waals surface area contributed by atoms with Crippen LogP contribution in [0.3, 0.4) is 0 Å². The van der Waals surface area contributed by atoms with Crippen molar-refractivity contribution >= 4 is 117 Å². The lowest BCUT2D eigenvalue weighted by Gasteiger charge is -2.34.